The van der Waals surface area contributed by atoms with E-state index < -0.39 is 36.1 Å². The molecule has 7 nitrogen and oxygen atoms in total. The Kier molecular flexibility index (Phi) is 6.17. The quantitative estimate of drug-likeness (QED) is 0.422. The number of nitrogens with one attached hydrogen (secondary N) is 1. The molecule has 3 amide bonds. The molecule has 0 fully saturated rings. The third kappa shape index (κ3) is 4.40. The summed E-state index contributed by atoms with van der Waals surface area (Å²) in [5.41, 5.74) is 2.17. The van der Waals surface area contributed by atoms with Crippen molar-refractivity contribution < 1.29 is 28.3 Å². The van der Waals surface area contributed by atoms with Crippen molar-refractivity contribution in [1.82, 2.24) is 0 Å². The van der Waals surface area contributed by atoms with Crippen LogP contribution in [0.4, 0.5) is 15.8 Å². The minimum Gasteiger partial charge on any atom is -0.452 e. The van der Waals surface area contributed by atoms with Gasteiger partial charge in [-0.3, -0.25) is 14.4 Å². The second-order valence-corrected chi connectivity index (χ2v) is 8.18. The van der Waals surface area contributed by atoms with Crippen LogP contribution in [-0.2, 0) is 9.53 Å². The van der Waals surface area contributed by atoms with Gasteiger partial charge in [-0.15, -0.1) is 0 Å². The number of imide groups is 1. The number of hydrogen-bond acceptors (Lipinski definition) is 5. The van der Waals surface area contributed by atoms with E-state index in [0.29, 0.717) is 5.69 Å². The Balaban J connectivity index is 1.48. The van der Waals surface area contributed by atoms with E-state index in [0.717, 1.165) is 22.1 Å². The molecule has 1 aliphatic rings. The van der Waals surface area contributed by atoms with Gasteiger partial charge < -0.3 is 10.1 Å². The molecule has 3 aromatic rings. The lowest BCUT2D eigenvalue weighted by Gasteiger charge is -2.17. The Morgan fingerprint density at radius 2 is 1.71 bits per heavy atom. The highest BCUT2D eigenvalue weighted by Gasteiger charge is 2.38. The third-order valence-corrected chi connectivity index (χ3v) is 5.50. The van der Waals surface area contributed by atoms with Gasteiger partial charge in [0.25, 0.3) is 17.7 Å². The van der Waals surface area contributed by atoms with Crippen LogP contribution in [0.25, 0.3) is 0 Å². The molecule has 0 bridgehead atoms. The van der Waals surface area contributed by atoms with Crippen LogP contribution in [0.2, 0.25) is 5.02 Å². The van der Waals surface area contributed by atoms with Crippen LogP contribution in [0.1, 0.15) is 42.2 Å². The Labute approximate surface area is 199 Å². The summed E-state index contributed by atoms with van der Waals surface area (Å²) < 4.78 is 18.7. The molecule has 1 N–H and O–H groups in total. The van der Waals surface area contributed by atoms with E-state index in [-0.39, 0.29) is 27.4 Å². The minimum absolute atomic E-state index is 0.00977. The first-order valence-electron chi connectivity index (χ1n) is 10.2. The fraction of sp³-hybridized carbons (Fsp3) is 0.120. The Morgan fingerprint density at radius 1 is 0.971 bits per heavy atom. The van der Waals surface area contributed by atoms with Crippen molar-refractivity contribution in [3.8, 4) is 0 Å². The van der Waals surface area contributed by atoms with Crippen molar-refractivity contribution in [3.05, 3.63) is 93.3 Å². The van der Waals surface area contributed by atoms with E-state index >= 15 is 0 Å². The number of hydrogen-bond donors (Lipinski definition) is 1. The first kappa shape index (κ1) is 23.1. The lowest BCUT2D eigenvalue weighted by molar-refractivity contribution is -0.119. The molecule has 0 saturated heterocycles. The normalized spacial score (nSPS) is 12.5. The van der Waals surface area contributed by atoms with Crippen molar-refractivity contribution in [2.24, 2.45) is 0 Å². The predicted molar refractivity (Wildman–Crippen MR) is 124 cm³/mol. The number of nitrogens with zero attached hydrogens (tertiary/aromatic N) is 1. The fourth-order valence-electron chi connectivity index (χ4n) is 3.54. The van der Waals surface area contributed by atoms with Crippen LogP contribution in [0, 0.1) is 19.7 Å². The van der Waals surface area contributed by atoms with Gasteiger partial charge in [-0.1, -0.05) is 23.7 Å². The second kappa shape index (κ2) is 9.07. The van der Waals surface area contributed by atoms with Gasteiger partial charge in [0, 0.05) is 5.02 Å². The fourth-order valence-corrected chi connectivity index (χ4v) is 3.71. The van der Waals surface area contributed by atoms with Crippen molar-refractivity contribution in [3.63, 3.8) is 0 Å². The van der Waals surface area contributed by atoms with Gasteiger partial charge in [-0.25, -0.2) is 14.1 Å². The molecule has 9 heteroatoms. The molecule has 0 atom stereocenters. The van der Waals surface area contributed by atoms with E-state index in [4.69, 9.17) is 16.3 Å². The monoisotopic (exact) mass is 480 g/mol. The molecule has 3 aromatic carbocycles. The van der Waals surface area contributed by atoms with Crippen molar-refractivity contribution in [1.29, 1.82) is 0 Å². The molecule has 34 heavy (non-hydrogen) atoms. The average Bonchev–Trinajstić information content (AvgIpc) is 3.05. The number of fused-ring (bicyclic) bond motifs is 1. The maximum atomic E-state index is 13.7. The molecule has 172 valence electrons. The summed E-state index contributed by atoms with van der Waals surface area (Å²) in [6.07, 6.45) is 0. The zero-order valence-electron chi connectivity index (χ0n) is 18.1. The maximum absolute atomic E-state index is 13.7. The van der Waals surface area contributed by atoms with Crippen molar-refractivity contribution in [2.75, 3.05) is 16.8 Å². The van der Waals surface area contributed by atoms with Gasteiger partial charge in [-0.05, 0) is 67.4 Å². The van der Waals surface area contributed by atoms with Gasteiger partial charge in [0.15, 0.2) is 6.61 Å². The number of benzene rings is 3. The summed E-state index contributed by atoms with van der Waals surface area (Å²) in [7, 11) is 0. The molecule has 4 rings (SSSR count). The molecule has 1 aliphatic heterocycles. The van der Waals surface area contributed by atoms with Gasteiger partial charge in [0.05, 0.1) is 28.1 Å². The van der Waals surface area contributed by atoms with E-state index in [1.165, 1.54) is 30.3 Å². The minimum atomic E-state index is -0.880. The summed E-state index contributed by atoms with van der Waals surface area (Å²) in [5.74, 6) is -3.40. The number of rotatable bonds is 5. The first-order valence-corrected chi connectivity index (χ1v) is 10.6. The second-order valence-electron chi connectivity index (χ2n) is 7.74. The van der Waals surface area contributed by atoms with Crippen LogP contribution < -0.4 is 10.2 Å². The van der Waals surface area contributed by atoms with Crippen LogP contribution in [0.15, 0.2) is 54.6 Å². The number of ether oxygens (including phenoxy) is 1. The zero-order chi connectivity index (χ0) is 24.6. The van der Waals surface area contributed by atoms with Crippen molar-refractivity contribution in [2.45, 2.75) is 13.8 Å². The average molecular weight is 481 g/mol. The topological polar surface area (TPSA) is 92.8 Å². The number of amides is 3. The van der Waals surface area contributed by atoms with Crippen LogP contribution in [0.3, 0.4) is 0 Å². The molecular formula is C25H18ClFN2O5. The summed E-state index contributed by atoms with van der Waals surface area (Å²) in [6.45, 7) is 2.96. The summed E-state index contributed by atoms with van der Waals surface area (Å²) >= 11 is 5.78. The number of esters is 1. The van der Waals surface area contributed by atoms with Gasteiger partial charge >= 0.3 is 5.97 Å². The number of halogens is 2. The predicted octanol–water partition coefficient (Wildman–Crippen LogP) is 4.69. The lowest BCUT2D eigenvalue weighted by atomic mass is 10.1. The molecule has 0 unspecified atom stereocenters. The highest BCUT2D eigenvalue weighted by atomic mass is 35.5. The molecular weight excluding hydrogens is 463 g/mol. The van der Waals surface area contributed by atoms with Gasteiger partial charge in [0.1, 0.15) is 5.82 Å². The Bertz CT molecular complexity index is 1370. The van der Waals surface area contributed by atoms with E-state index in [1.807, 2.05) is 19.1 Å². The number of carbonyl (C=O) groups is 4. The molecule has 0 spiro atoms. The van der Waals surface area contributed by atoms with E-state index in [1.54, 1.807) is 13.0 Å². The lowest BCUT2D eigenvalue weighted by Crippen LogP contribution is -2.30. The van der Waals surface area contributed by atoms with E-state index in [2.05, 4.69) is 5.32 Å². The van der Waals surface area contributed by atoms with Crippen molar-refractivity contribution >= 4 is 46.7 Å². The highest BCUT2D eigenvalue weighted by Crippen LogP contribution is 2.32. The smallest absolute Gasteiger partial charge is 0.338 e. The summed E-state index contributed by atoms with van der Waals surface area (Å²) in [6, 6.07) is 13.1. The molecule has 0 radical (unpaired) electrons. The third-order valence-electron chi connectivity index (χ3n) is 5.26. The molecule has 1 heterocycles. The first-order chi connectivity index (χ1) is 16.2. The Hall–Kier alpha value is -4.04. The molecule has 0 saturated carbocycles. The molecule has 0 aliphatic carbocycles. The number of anilines is 2. The van der Waals surface area contributed by atoms with Gasteiger partial charge in [-0.2, -0.15) is 0 Å². The zero-order valence-corrected chi connectivity index (χ0v) is 18.9. The van der Waals surface area contributed by atoms with Gasteiger partial charge in [0.2, 0.25) is 0 Å². The largest absolute Gasteiger partial charge is 0.452 e. The Morgan fingerprint density at radius 3 is 2.47 bits per heavy atom. The summed E-state index contributed by atoms with van der Waals surface area (Å²) in [4.78, 5) is 51.5. The summed E-state index contributed by atoms with van der Waals surface area (Å²) in [5, 5.41) is 2.49. The standard InChI is InChI=1S/C25H18ClFN2O5/c1-13-3-4-14(2)21(9-13)29-23(31)17-7-5-15(10-18(17)24(29)32)25(33)34-12-22(30)28-20-11-16(26)6-8-19(20)27/h3-11H,12H2,1-2H3,(H,28,30). The number of aryl methyl sites for hydroxylation is 2. The maximum Gasteiger partial charge on any atom is 0.338 e. The van der Waals surface area contributed by atoms with Crippen LogP contribution in [0.5, 0.6) is 0 Å². The van der Waals surface area contributed by atoms with E-state index in [9.17, 15) is 23.6 Å². The SMILES string of the molecule is Cc1ccc(C)c(N2C(=O)c3ccc(C(=O)OCC(=O)Nc4cc(Cl)ccc4F)cc3C2=O)c1. The van der Waals surface area contributed by atoms with Crippen LogP contribution >= 0.6 is 11.6 Å². The molecule has 0 aromatic heterocycles. The number of carbonyl (C=O) groups excluding carboxylic acids is 4. The van der Waals surface area contributed by atoms with Crippen LogP contribution in [-0.4, -0.2) is 30.3 Å². The highest BCUT2D eigenvalue weighted by molar-refractivity contribution is 6.35.